The van der Waals surface area contributed by atoms with Crippen LogP contribution < -0.4 is 5.32 Å². The minimum absolute atomic E-state index is 0.00174. The summed E-state index contributed by atoms with van der Waals surface area (Å²) in [5, 5.41) is 6.86. The van der Waals surface area contributed by atoms with Crippen LogP contribution in [0.5, 0.6) is 0 Å². The number of benzene rings is 1. The Kier molecular flexibility index (Phi) is 4.79. The standard InChI is InChI=1S/C19H25N3O3/c1-13(2)11-20-17(23)16-10-19(25-21-16)7-8-22(12-19)18(24)15-6-4-5-14(3)9-15/h4-6,9,13H,7-8,10-12H2,1-3H3,(H,20,23)/t19-/m0/s1. The van der Waals surface area contributed by atoms with E-state index in [0.717, 1.165) is 5.56 Å². The maximum Gasteiger partial charge on any atom is 0.269 e. The molecular formula is C19H25N3O3. The Hall–Kier alpha value is -2.37. The van der Waals surface area contributed by atoms with Gasteiger partial charge in [-0.2, -0.15) is 0 Å². The van der Waals surface area contributed by atoms with E-state index in [9.17, 15) is 9.59 Å². The molecule has 1 aromatic carbocycles. The molecule has 2 aliphatic heterocycles. The Morgan fingerprint density at radius 3 is 2.92 bits per heavy atom. The molecule has 2 heterocycles. The Morgan fingerprint density at radius 2 is 2.20 bits per heavy atom. The lowest BCUT2D eigenvalue weighted by Gasteiger charge is -2.21. The summed E-state index contributed by atoms with van der Waals surface area (Å²) in [7, 11) is 0. The number of amides is 2. The average Bonchev–Trinajstić information content (AvgIpc) is 3.19. The van der Waals surface area contributed by atoms with Crippen LogP contribution in [0.3, 0.4) is 0 Å². The van der Waals surface area contributed by atoms with Crippen LogP contribution in [0.15, 0.2) is 29.4 Å². The maximum absolute atomic E-state index is 12.7. The van der Waals surface area contributed by atoms with Gasteiger partial charge in [-0.1, -0.05) is 36.7 Å². The molecule has 0 unspecified atom stereocenters. The molecule has 25 heavy (non-hydrogen) atoms. The predicted molar refractivity (Wildman–Crippen MR) is 95.4 cm³/mol. The van der Waals surface area contributed by atoms with Crippen molar-refractivity contribution in [1.82, 2.24) is 10.2 Å². The molecule has 2 amide bonds. The summed E-state index contributed by atoms with van der Waals surface area (Å²) in [6.45, 7) is 7.75. The smallest absolute Gasteiger partial charge is 0.269 e. The number of carbonyl (C=O) groups is 2. The Morgan fingerprint density at radius 1 is 1.40 bits per heavy atom. The lowest BCUT2D eigenvalue weighted by molar-refractivity contribution is -0.115. The van der Waals surface area contributed by atoms with Crippen molar-refractivity contribution < 1.29 is 14.4 Å². The molecule has 0 bridgehead atoms. The summed E-state index contributed by atoms with van der Waals surface area (Å²) < 4.78 is 0. The molecule has 1 N–H and O–H groups in total. The zero-order valence-electron chi connectivity index (χ0n) is 15.0. The van der Waals surface area contributed by atoms with E-state index in [2.05, 4.69) is 10.5 Å². The summed E-state index contributed by atoms with van der Waals surface area (Å²) >= 11 is 0. The quantitative estimate of drug-likeness (QED) is 0.910. The molecule has 134 valence electrons. The number of oxime groups is 1. The van der Waals surface area contributed by atoms with Crippen LogP contribution in [-0.2, 0) is 9.63 Å². The first-order valence-corrected chi connectivity index (χ1v) is 8.78. The predicted octanol–water partition coefficient (Wildman–Crippen LogP) is 2.13. The van der Waals surface area contributed by atoms with E-state index in [4.69, 9.17) is 4.84 Å². The fraction of sp³-hybridized carbons (Fsp3) is 0.526. The van der Waals surface area contributed by atoms with Gasteiger partial charge in [0.05, 0.1) is 6.54 Å². The third kappa shape index (κ3) is 3.83. The van der Waals surface area contributed by atoms with Crippen molar-refractivity contribution in [2.45, 2.75) is 39.2 Å². The van der Waals surface area contributed by atoms with Gasteiger partial charge in [0.15, 0.2) is 5.60 Å². The van der Waals surface area contributed by atoms with E-state index in [1.165, 1.54) is 0 Å². The number of carbonyl (C=O) groups excluding carboxylic acids is 2. The fourth-order valence-electron chi connectivity index (χ4n) is 3.24. The van der Waals surface area contributed by atoms with Gasteiger partial charge in [-0.15, -0.1) is 0 Å². The maximum atomic E-state index is 12.7. The number of rotatable bonds is 4. The Bertz CT molecular complexity index is 714. The summed E-state index contributed by atoms with van der Waals surface area (Å²) in [6.07, 6.45) is 1.14. The highest BCUT2D eigenvalue weighted by Gasteiger charge is 2.47. The van der Waals surface area contributed by atoms with Gasteiger partial charge in [-0.3, -0.25) is 9.59 Å². The SMILES string of the molecule is Cc1cccc(C(=O)N2CC[C@]3(CC(C(=O)NCC(C)C)=NO3)C2)c1. The molecule has 2 aliphatic rings. The molecule has 3 rings (SSSR count). The van der Waals surface area contributed by atoms with Gasteiger partial charge in [-0.25, -0.2) is 0 Å². The second kappa shape index (κ2) is 6.86. The van der Waals surface area contributed by atoms with E-state index in [-0.39, 0.29) is 11.8 Å². The number of hydrogen-bond acceptors (Lipinski definition) is 4. The van der Waals surface area contributed by atoms with Crippen molar-refractivity contribution in [3.8, 4) is 0 Å². The zero-order chi connectivity index (χ0) is 18.0. The number of aryl methyl sites for hydroxylation is 1. The Labute approximate surface area is 148 Å². The van der Waals surface area contributed by atoms with Gasteiger partial charge in [0.2, 0.25) is 0 Å². The van der Waals surface area contributed by atoms with E-state index in [0.29, 0.717) is 49.7 Å². The van der Waals surface area contributed by atoms with Crippen molar-refractivity contribution in [2.75, 3.05) is 19.6 Å². The van der Waals surface area contributed by atoms with E-state index >= 15 is 0 Å². The molecule has 0 aromatic heterocycles. The fourth-order valence-corrected chi connectivity index (χ4v) is 3.24. The molecule has 1 spiro atoms. The zero-order valence-corrected chi connectivity index (χ0v) is 15.0. The first kappa shape index (κ1) is 17.5. The van der Waals surface area contributed by atoms with Crippen LogP contribution >= 0.6 is 0 Å². The monoisotopic (exact) mass is 343 g/mol. The highest BCUT2D eigenvalue weighted by Crippen LogP contribution is 2.34. The van der Waals surface area contributed by atoms with Crippen LogP contribution in [0.1, 0.15) is 42.6 Å². The van der Waals surface area contributed by atoms with Gasteiger partial charge in [0.25, 0.3) is 11.8 Å². The second-order valence-electron chi connectivity index (χ2n) is 7.44. The largest absolute Gasteiger partial charge is 0.386 e. The lowest BCUT2D eigenvalue weighted by atomic mass is 9.96. The summed E-state index contributed by atoms with van der Waals surface area (Å²) in [6, 6.07) is 7.58. The summed E-state index contributed by atoms with van der Waals surface area (Å²) in [4.78, 5) is 32.3. The van der Waals surface area contributed by atoms with Crippen LogP contribution in [0, 0.1) is 12.8 Å². The lowest BCUT2D eigenvalue weighted by Crippen LogP contribution is -2.39. The van der Waals surface area contributed by atoms with Crippen LogP contribution in [0.4, 0.5) is 0 Å². The molecule has 1 aromatic rings. The molecule has 1 atom stereocenters. The van der Waals surface area contributed by atoms with Crippen molar-refractivity contribution in [3.63, 3.8) is 0 Å². The third-order valence-corrected chi connectivity index (χ3v) is 4.64. The van der Waals surface area contributed by atoms with Crippen LogP contribution in [0.25, 0.3) is 0 Å². The third-order valence-electron chi connectivity index (χ3n) is 4.64. The topological polar surface area (TPSA) is 71.0 Å². The number of hydrogen-bond donors (Lipinski definition) is 1. The molecule has 0 saturated carbocycles. The van der Waals surface area contributed by atoms with Crippen molar-refractivity contribution in [1.29, 1.82) is 0 Å². The van der Waals surface area contributed by atoms with E-state index in [1.54, 1.807) is 4.90 Å². The molecule has 6 nitrogen and oxygen atoms in total. The van der Waals surface area contributed by atoms with Crippen LogP contribution in [0.2, 0.25) is 0 Å². The first-order chi connectivity index (χ1) is 11.9. The van der Waals surface area contributed by atoms with Crippen LogP contribution in [-0.4, -0.2) is 47.7 Å². The number of nitrogens with zero attached hydrogens (tertiary/aromatic N) is 2. The summed E-state index contributed by atoms with van der Waals surface area (Å²) in [5.41, 5.74) is 1.62. The Balaban J connectivity index is 1.60. The van der Waals surface area contributed by atoms with E-state index in [1.807, 2.05) is 45.0 Å². The van der Waals surface area contributed by atoms with Crippen molar-refractivity contribution >= 4 is 17.5 Å². The van der Waals surface area contributed by atoms with Gasteiger partial charge in [-0.05, 0) is 25.0 Å². The molecule has 6 heteroatoms. The second-order valence-corrected chi connectivity index (χ2v) is 7.44. The molecule has 0 aliphatic carbocycles. The van der Waals surface area contributed by atoms with Crippen molar-refractivity contribution in [2.24, 2.45) is 11.1 Å². The van der Waals surface area contributed by atoms with Gasteiger partial charge >= 0.3 is 0 Å². The normalized spacial score (nSPS) is 22.2. The summed E-state index contributed by atoms with van der Waals surface area (Å²) in [5.74, 6) is 0.214. The number of nitrogens with one attached hydrogen (secondary N) is 1. The highest BCUT2D eigenvalue weighted by molar-refractivity contribution is 6.39. The molecule has 0 radical (unpaired) electrons. The number of likely N-dealkylation sites (tertiary alicyclic amines) is 1. The minimum atomic E-state index is -0.552. The van der Waals surface area contributed by atoms with E-state index < -0.39 is 5.60 Å². The molecule has 1 fully saturated rings. The van der Waals surface area contributed by atoms with Gasteiger partial charge in [0.1, 0.15) is 5.71 Å². The highest BCUT2D eigenvalue weighted by atomic mass is 16.7. The van der Waals surface area contributed by atoms with Gasteiger partial charge < -0.3 is 15.1 Å². The van der Waals surface area contributed by atoms with Crippen molar-refractivity contribution in [3.05, 3.63) is 35.4 Å². The molecule has 1 saturated heterocycles. The first-order valence-electron chi connectivity index (χ1n) is 8.78. The molecular weight excluding hydrogens is 318 g/mol. The minimum Gasteiger partial charge on any atom is -0.386 e. The van der Waals surface area contributed by atoms with Gasteiger partial charge in [0, 0.05) is 31.5 Å². The average molecular weight is 343 g/mol.